The van der Waals surface area contributed by atoms with Crippen molar-refractivity contribution in [3.05, 3.63) is 53.7 Å². The summed E-state index contributed by atoms with van der Waals surface area (Å²) in [5.74, 6) is 0.500. The van der Waals surface area contributed by atoms with Crippen LogP contribution < -0.4 is 10.2 Å². The summed E-state index contributed by atoms with van der Waals surface area (Å²) in [6, 6.07) is 10.2. The Labute approximate surface area is 165 Å². The first kappa shape index (κ1) is 20.2. The Kier molecular flexibility index (Phi) is 6.28. The average Bonchev–Trinajstić information content (AvgIpc) is 2.73. The molecule has 150 valence electrons. The van der Waals surface area contributed by atoms with Crippen molar-refractivity contribution in [2.24, 2.45) is 0 Å². The predicted octanol–water partition coefficient (Wildman–Crippen LogP) is 1.10. The first-order valence-corrected chi connectivity index (χ1v) is 10.4. The number of carbonyl (C=O) groups is 1. The van der Waals surface area contributed by atoms with E-state index < -0.39 is 10.0 Å². The number of ether oxygens (including phenoxy) is 1. The molecule has 1 aromatic carbocycles. The van der Waals surface area contributed by atoms with Crippen molar-refractivity contribution in [2.45, 2.75) is 11.4 Å². The molecule has 1 saturated heterocycles. The number of carbonyl (C=O) groups excluding carboxylic acids is 1. The number of nitrogens with one attached hydrogen (secondary N) is 1. The van der Waals surface area contributed by atoms with E-state index in [0.29, 0.717) is 24.3 Å². The van der Waals surface area contributed by atoms with E-state index in [4.69, 9.17) is 4.74 Å². The highest BCUT2D eigenvalue weighted by molar-refractivity contribution is 7.89. The molecule has 0 bridgehead atoms. The second-order valence-electron chi connectivity index (χ2n) is 6.58. The normalized spacial score (nSPS) is 14.9. The van der Waals surface area contributed by atoms with Crippen molar-refractivity contribution in [3.8, 4) is 0 Å². The molecule has 3 rings (SSSR count). The molecule has 9 heteroatoms. The van der Waals surface area contributed by atoms with Crippen LogP contribution >= 0.6 is 0 Å². The maximum absolute atomic E-state index is 12.5. The van der Waals surface area contributed by atoms with Gasteiger partial charge in [-0.05, 0) is 23.8 Å². The van der Waals surface area contributed by atoms with Gasteiger partial charge < -0.3 is 15.0 Å². The van der Waals surface area contributed by atoms with Crippen molar-refractivity contribution < 1.29 is 17.9 Å². The van der Waals surface area contributed by atoms with E-state index >= 15 is 0 Å². The van der Waals surface area contributed by atoms with Crippen molar-refractivity contribution in [1.82, 2.24) is 14.6 Å². The molecule has 1 aliphatic heterocycles. The van der Waals surface area contributed by atoms with E-state index in [9.17, 15) is 13.2 Å². The molecule has 1 aromatic heterocycles. The fraction of sp³-hybridized carbons (Fsp3) is 0.368. The number of rotatable bonds is 6. The molecule has 0 spiro atoms. The van der Waals surface area contributed by atoms with Gasteiger partial charge in [-0.3, -0.25) is 4.79 Å². The zero-order valence-corrected chi connectivity index (χ0v) is 16.8. The number of morpholine rings is 1. The number of sulfonamides is 1. The summed E-state index contributed by atoms with van der Waals surface area (Å²) in [4.78, 5) is 19.1. The zero-order chi connectivity index (χ0) is 20.1. The molecule has 0 saturated carbocycles. The summed E-state index contributed by atoms with van der Waals surface area (Å²) in [5, 5.41) is 2.77. The Morgan fingerprint density at radius 3 is 2.54 bits per heavy atom. The van der Waals surface area contributed by atoms with Gasteiger partial charge in [0.15, 0.2) is 0 Å². The van der Waals surface area contributed by atoms with E-state index in [1.165, 1.54) is 26.4 Å². The first-order valence-electron chi connectivity index (χ1n) is 8.97. The second kappa shape index (κ2) is 8.68. The Bertz CT molecular complexity index is 923. The fourth-order valence-electron chi connectivity index (χ4n) is 2.88. The summed E-state index contributed by atoms with van der Waals surface area (Å²) in [5.41, 5.74) is 0.951. The van der Waals surface area contributed by atoms with E-state index in [1.54, 1.807) is 24.3 Å². The predicted molar refractivity (Wildman–Crippen MR) is 106 cm³/mol. The largest absolute Gasteiger partial charge is 0.378 e. The molecule has 0 radical (unpaired) electrons. The van der Waals surface area contributed by atoms with Crippen LogP contribution in [0.25, 0.3) is 0 Å². The van der Waals surface area contributed by atoms with Crippen LogP contribution in [-0.4, -0.2) is 64.0 Å². The van der Waals surface area contributed by atoms with E-state index in [-0.39, 0.29) is 17.3 Å². The lowest BCUT2D eigenvalue weighted by Gasteiger charge is -2.27. The number of hydrogen-bond donors (Lipinski definition) is 1. The lowest BCUT2D eigenvalue weighted by atomic mass is 10.2. The highest BCUT2D eigenvalue weighted by Gasteiger charge is 2.21. The van der Waals surface area contributed by atoms with Gasteiger partial charge in [0.2, 0.25) is 10.0 Å². The van der Waals surface area contributed by atoms with Crippen molar-refractivity contribution >= 4 is 21.7 Å². The van der Waals surface area contributed by atoms with Crippen molar-refractivity contribution in [1.29, 1.82) is 0 Å². The summed E-state index contributed by atoms with van der Waals surface area (Å²) in [6.45, 7) is 2.98. The van der Waals surface area contributed by atoms with Gasteiger partial charge in [-0.1, -0.05) is 18.2 Å². The summed E-state index contributed by atoms with van der Waals surface area (Å²) in [6.07, 6.45) is 1.53. The third-order valence-electron chi connectivity index (χ3n) is 4.52. The Morgan fingerprint density at radius 1 is 1.18 bits per heavy atom. The molecule has 8 nitrogen and oxygen atoms in total. The quantitative estimate of drug-likeness (QED) is 0.775. The van der Waals surface area contributed by atoms with Gasteiger partial charge in [0.1, 0.15) is 5.82 Å². The molecular formula is C19H24N4O4S. The van der Waals surface area contributed by atoms with Gasteiger partial charge in [-0.15, -0.1) is 0 Å². The van der Waals surface area contributed by atoms with Crippen LogP contribution in [-0.2, 0) is 21.3 Å². The average molecular weight is 404 g/mol. The number of pyridine rings is 1. The van der Waals surface area contributed by atoms with Crippen LogP contribution in [0.3, 0.4) is 0 Å². The minimum atomic E-state index is -3.58. The molecule has 0 atom stereocenters. The van der Waals surface area contributed by atoms with Crippen LogP contribution in [0.4, 0.5) is 5.82 Å². The minimum Gasteiger partial charge on any atom is -0.378 e. The number of hydrogen-bond acceptors (Lipinski definition) is 6. The van der Waals surface area contributed by atoms with Crippen LogP contribution in [0.1, 0.15) is 15.9 Å². The molecule has 2 aromatic rings. The van der Waals surface area contributed by atoms with Gasteiger partial charge >= 0.3 is 0 Å². The van der Waals surface area contributed by atoms with Crippen LogP contribution in [0.5, 0.6) is 0 Å². The number of aromatic nitrogens is 1. The maximum Gasteiger partial charge on any atom is 0.253 e. The van der Waals surface area contributed by atoms with Crippen LogP contribution in [0, 0.1) is 0 Å². The minimum absolute atomic E-state index is 0.104. The van der Waals surface area contributed by atoms with Crippen LogP contribution in [0.2, 0.25) is 0 Å². The highest BCUT2D eigenvalue weighted by atomic mass is 32.2. The van der Waals surface area contributed by atoms with E-state index in [0.717, 1.165) is 23.2 Å². The third kappa shape index (κ3) is 4.49. The second-order valence-corrected chi connectivity index (χ2v) is 8.70. The van der Waals surface area contributed by atoms with Gasteiger partial charge in [-0.25, -0.2) is 17.7 Å². The maximum atomic E-state index is 12.5. The summed E-state index contributed by atoms with van der Waals surface area (Å²) < 4.78 is 31.4. The van der Waals surface area contributed by atoms with Crippen molar-refractivity contribution in [3.63, 3.8) is 0 Å². The summed E-state index contributed by atoms with van der Waals surface area (Å²) in [7, 11) is -0.627. The van der Waals surface area contributed by atoms with Gasteiger partial charge in [0, 0.05) is 39.9 Å². The monoisotopic (exact) mass is 404 g/mol. The summed E-state index contributed by atoms with van der Waals surface area (Å²) >= 11 is 0. The molecule has 2 heterocycles. The fourth-order valence-corrected chi connectivity index (χ4v) is 3.99. The molecule has 1 aliphatic rings. The van der Waals surface area contributed by atoms with Gasteiger partial charge in [-0.2, -0.15) is 0 Å². The van der Waals surface area contributed by atoms with Crippen molar-refractivity contribution in [2.75, 3.05) is 45.3 Å². The number of anilines is 1. The number of amides is 1. The highest BCUT2D eigenvalue weighted by Crippen LogP contribution is 2.18. The number of benzene rings is 1. The first-order chi connectivity index (χ1) is 13.4. The topological polar surface area (TPSA) is 91.8 Å². The SMILES string of the molecule is CN(C)S(=O)(=O)c1ccccc1CNC(=O)c1ccc(N2CCOCC2)nc1. The van der Waals surface area contributed by atoms with Crippen LogP contribution in [0.15, 0.2) is 47.5 Å². The molecule has 0 aliphatic carbocycles. The molecule has 1 fully saturated rings. The molecule has 1 amide bonds. The third-order valence-corrected chi connectivity index (χ3v) is 6.43. The smallest absolute Gasteiger partial charge is 0.253 e. The lowest BCUT2D eigenvalue weighted by Crippen LogP contribution is -2.36. The Hall–Kier alpha value is -2.49. The van der Waals surface area contributed by atoms with E-state index in [2.05, 4.69) is 15.2 Å². The standard InChI is InChI=1S/C19H24N4O4S/c1-22(2)28(25,26)17-6-4-3-5-15(17)13-21-19(24)16-7-8-18(20-14-16)23-9-11-27-12-10-23/h3-8,14H,9-13H2,1-2H3,(H,21,24). The van der Waals surface area contributed by atoms with Gasteiger partial charge in [0.05, 0.1) is 23.7 Å². The lowest BCUT2D eigenvalue weighted by molar-refractivity contribution is 0.0950. The Balaban J connectivity index is 1.68. The van der Waals surface area contributed by atoms with E-state index in [1.807, 2.05) is 6.07 Å². The van der Waals surface area contributed by atoms with Gasteiger partial charge in [0.25, 0.3) is 5.91 Å². The molecular weight excluding hydrogens is 380 g/mol. The Morgan fingerprint density at radius 2 is 1.89 bits per heavy atom. The molecule has 28 heavy (non-hydrogen) atoms. The molecule has 0 unspecified atom stereocenters. The number of nitrogens with zero attached hydrogens (tertiary/aromatic N) is 3. The zero-order valence-electron chi connectivity index (χ0n) is 16.0. The molecule has 1 N–H and O–H groups in total.